The maximum atomic E-state index is 8.71. The summed E-state index contributed by atoms with van der Waals surface area (Å²) >= 11 is 0. The summed E-state index contributed by atoms with van der Waals surface area (Å²) in [4.78, 5) is 8.15. The second-order valence-electron chi connectivity index (χ2n) is 3.13. The van der Waals surface area contributed by atoms with Crippen molar-refractivity contribution in [2.24, 2.45) is 0 Å². The molecule has 0 aliphatic heterocycles. The molecule has 0 unspecified atom stereocenters. The standard InChI is InChI=1S/C9H12N4O2/c1-15-9-11-8-10-5-7(3-2-4-14)6-13(8)12-9/h5-6,14H,2-4H2,1H3. The first-order valence-corrected chi connectivity index (χ1v) is 4.69. The Kier molecular flexibility index (Phi) is 2.77. The Bertz CT molecular complexity index is 454. The van der Waals surface area contributed by atoms with Gasteiger partial charge in [-0.2, -0.15) is 4.98 Å². The van der Waals surface area contributed by atoms with Crippen LogP contribution in [0.3, 0.4) is 0 Å². The lowest BCUT2D eigenvalue weighted by molar-refractivity contribution is 0.288. The highest BCUT2D eigenvalue weighted by atomic mass is 16.5. The van der Waals surface area contributed by atoms with Crippen LogP contribution < -0.4 is 4.74 Å². The summed E-state index contributed by atoms with van der Waals surface area (Å²) in [6.07, 6.45) is 5.08. The number of nitrogens with zero attached hydrogens (tertiary/aromatic N) is 4. The molecule has 2 rings (SSSR count). The summed E-state index contributed by atoms with van der Waals surface area (Å²) in [7, 11) is 1.52. The normalized spacial score (nSPS) is 10.8. The molecular formula is C9H12N4O2. The zero-order valence-electron chi connectivity index (χ0n) is 8.42. The Balaban J connectivity index is 2.29. The van der Waals surface area contributed by atoms with Crippen molar-refractivity contribution >= 4 is 5.78 Å². The van der Waals surface area contributed by atoms with Crippen molar-refractivity contribution in [3.63, 3.8) is 0 Å². The first-order chi connectivity index (χ1) is 7.33. The van der Waals surface area contributed by atoms with Crippen LogP contribution in [0.4, 0.5) is 0 Å². The van der Waals surface area contributed by atoms with Gasteiger partial charge in [-0.05, 0) is 18.4 Å². The van der Waals surface area contributed by atoms with E-state index in [1.54, 1.807) is 10.7 Å². The molecule has 15 heavy (non-hydrogen) atoms. The van der Waals surface area contributed by atoms with Crippen LogP contribution in [0.2, 0.25) is 0 Å². The predicted molar refractivity (Wildman–Crippen MR) is 52.7 cm³/mol. The maximum absolute atomic E-state index is 8.71. The van der Waals surface area contributed by atoms with Crippen LogP contribution in [0.5, 0.6) is 6.01 Å². The van der Waals surface area contributed by atoms with E-state index in [-0.39, 0.29) is 6.61 Å². The van der Waals surface area contributed by atoms with Gasteiger partial charge in [-0.15, -0.1) is 5.10 Å². The molecule has 0 fully saturated rings. The van der Waals surface area contributed by atoms with Gasteiger partial charge >= 0.3 is 6.01 Å². The van der Waals surface area contributed by atoms with Gasteiger partial charge in [0.15, 0.2) is 0 Å². The second-order valence-corrected chi connectivity index (χ2v) is 3.13. The number of methoxy groups -OCH3 is 1. The lowest BCUT2D eigenvalue weighted by Gasteiger charge is -1.98. The van der Waals surface area contributed by atoms with Crippen molar-refractivity contribution in [2.45, 2.75) is 12.8 Å². The highest BCUT2D eigenvalue weighted by molar-refractivity contribution is 5.29. The Labute approximate surface area is 86.5 Å². The molecule has 2 aromatic heterocycles. The number of aliphatic hydroxyl groups is 1. The van der Waals surface area contributed by atoms with E-state index in [1.165, 1.54) is 7.11 Å². The molecule has 0 saturated heterocycles. The highest BCUT2D eigenvalue weighted by Gasteiger charge is 2.04. The Morgan fingerprint density at radius 3 is 3.13 bits per heavy atom. The van der Waals surface area contributed by atoms with Gasteiger partial charge in [0.1, 0.15) is 0 Å². The molecule has 6 heteroatoms. The van der Waals surface area contributed by atoms with Crippen LogP contribution >= 0.6 is 0 Å². The van der Waals surface area contributed by atoms with Gasteiger partial charge in [0, 0.05) is 19.0 Å². The summed E-state index contributed by atoms with van der Waals surface area (Å²) in [6.45, 7) is 0.179. The summed E-state index contributed by atoms with van der Waals surface area (Å²) < 4.78 is 6.47. The second kappa shape index (κ2) is 4.22. The number of rotatable bonds is 4. The highest BCUT2D eigenvalue weighted by Crippen LogP contribution is 2.07. The first-order valence-electron chi connectivity index (χ1n) is 4.69. The van der Waals surface area contributed by atoms with E-state index in [0.29, 0.717) is 11.8 Å². The quantitative estimate of drug-likeness (QED) is 0.769. The molecule has 80 valence electrons. The predicted octanol–water partition coefficient (Wildman–Crippen LogP) is 0.0578. The number of aryl methyl sites for hydroxylation is 1. The Morgan fingerprint density at radius 2 is 2.40 bits per heavy atom. The average Bonchev–Trinajstić information content (AvgIpc) is 2.68. The topological polar surface area (TPSA) is 72.5 Å². The molecule has 6 nitrogen and oxygen atoms in total. The van der Waals surface area contributed by atoms with Crippen LogP contribution in [0, 0.1) is 0 Å². The fourth-order valence-corrected chi connectivity index (χ4v) is 1.30. The molecule has 0 aromatic carbocycles. The molecule has 0 atom stereocenters. The van der Waals surface area contributed by atoms with Crippen molar-refractivity contribution < 1.29 is 9.84 Å². The fourth-order valence-electron chi connectivity index (χ4n) is 1.30. The largest absolute Gasteiger partial charge is 0.466 e. The Morgan fingerprint density at radius 1 is 1.53 bits per heavy atom. The number of ether oxygens (including phenoxy) is 1. The van der Waals surface area contributed by atoms with E-state index >= 15 is 0 Å². The van der Waals surface area contributed by atoms with Gasteiger partial charge in [-0.1, -0.05) is 0 Å². The van der Waals surface area contributed by atoms with E-state index in [1.807, 2.05) is 6.20 Å². The lowest BCUT2D eigenvalue weighted by atomic mass is 10.2. The SMILES string of the molecule is COc1nc2ncc(CCCO)cn2n1. The molecule has 0 amide bonds. The maximum Gasteiger partial charge on any atom is 0.337 e. The van der Waals surface area contributed by atoms with Gasteiger partial charge in [0.2, 0.25) is 0 Å². The van der Waals surface area contributed by atoms with Crippen molar-refractivity contribution in [1.82, 2.24) is 19.6 Å². The molecule has 0 radical (unpaired) electrons. The minimum Gasteiger partial charge on any atom is -0.466 e. The molecular weight excluding hydrogens is 196 g/mol. The smallest absolute Gasteiger partial charge is 0.337 e. The van der Waals surface area contributed by atoms with E-state index in [2.05, 4.69) is 15.1 Å². The van der Waals surface area contributed by atoms with Crippen LogP contribution in [0.25, 0.3) is 5.78 Å². The lowest BCUT2D eigenvalue weighted by Crippen LogP contribution is -1.96. The van der Waals surface area contributed by atoms with Crippen molar-refractivity contribution in [1.29, 1.82) is 0 Å². The third kappa shape index (κ3) is 2.04. The number of fused-ring (bicyclic) bond motifs is 1. The molecule has 1 N–H and O–H groups in total. The van der Waals surface area contributed by atoms with E-state index in [0.717, 1.165) is 18.4 Å². The molecule has 0 aliphatic rings. The van der Waals surface area contributed by atoms with Crippen molar-refractivity contribution in [2.75, 3.05) is 13.7 Å². The van der Waals surface area contributed by atoms with E-state index in [4.69, 9.17) is 9.84 Å². The molecule has 0 saturated carbocycles. The summed E-state index contributed by atoms with van der Waals surface area (Å²) in [6, 6.07) is 0.307. The van der Waals surface area contributed by atoms with Gasteiger partial charge in [0.05, 0.1) is 7.11 Å². The summed E-state index contributed by atoms with van der Waals surface area (Å²) in [5.74, 6) is 0.514. The van der Waals surface area contributed by atoms with Crippen molar-refractivity contribution in [3.8, 4) is 6.01 Å². The third-order valence-electron chi connectivity index (χ3n) is 2.03. The number of aromatic nitrogens is 4. The van der Waals surface area contributed by atoms with Crippen LogP contribution in [0.15, 0.2) is 12.4 Å². The number of aliphatic hydroxyl groups excluding tert-OH is 1. The molecule has 2 aromatic rings. The van der Waals surface area contributed by atoms with Gasteiger partial charge in [0.25, 0.3) is 5.78 Å². The zero-order chi connectivity index (χ0) is 10.7. The summed E-state index contributed by atoms with van der Waals surface area (Å²) in [5.41, 5.74) is 1.02. The minimum absolute atomic E-state index is 0.179. The molecule has 0 aliphatic carbocycles. The van der Waals surface area contributed by atoms with E-state index < -0.39 is 0 Å². The van der Waals surface area contributed by atoms with Crippen LogP contribution in [-0.4, -0.2) is 38.4 Å². The summed E-state index contributed by atoms with van der Waals surface area (Å²) in [5, 5.41) is 12.8. The van der Waals surface area contributed by atoms with Crippen molar-refractivity contribution in [3.05, 3.63) is 18.0 Å². The van der Waals surface area contributed by atoms with Gasteiger partial charge in [-0.3, -0.25) is 0 Å². The minimum atomic E-state index is 0.179. The van der Waals surface area contributed by atoms with Crippen LogP contribution in [0.1, 0.15) is 12.0 Å². The van der Waals surface area contributed by atoms with Crippen LogP contribution in [-0.2, 0) is 6.42 Å². The molecule has 0 spiro atoms. The average molecular weight is 208 g/mol. The Hall–Kier alpha value is -1.69. The number of hydrogen-bond donors (Lipinski definition) is 1. The molecule has 0 bridgehead atoms. The fraction of sp³-hybridized carbons (Fsp3) is 0.444. The zero-order valence-corrected chi connectivity index (χ0v) is 8.42. The number of hydrogen-bond acceptors (Lipinski definition) is 5. The molecule has 2 heterocycles. The van der Waals surface area contributed by atoms with Gasteiger partial charge < -0.3 is 9.84 Å². The van der Waals surface area contributed by atoms with Gasteiger partial charge in [-0.25, -0.2) is 9.50 Å². The first kappa shape index (κ1) is 9.85. The third-order valence-corrected chi connectivity index (χ3v) is 2.03. The van der Waals surface area contributed by atoms with E-state index in [9.17, 15) is 0 Å². The monoisotopic (exact) mass is 208 g/mol.